The molecule has 0 radical (unpaired) electrons. The maximum Gasteiger partial charge on any atom is 0.206 e. The third-order valence-electron chi connectivity index (χ3n) is 2.17. The van der Waals surface area contributed by atoms with Gasteiger partial charge in [-0.2, -0.15) is 15.2 Å². The van der Waals surface area contributed by atoms with E-state index in [4.69, 9.17) is 16.2 Å². The number of nitrogens with one attached hydrogen (secondary N) is 1. The summed E-state index contributed by atoms with van der Waals surface area (Å²) in [6, 6.07) is 7.72. The average Bonchev–Trinajstić information content (AvgIpc) is 2.70. The summed E-state index contributed by atoms with van der Waals surface area (Å²) >= 11 is 0. The number of hydrogen-bond acceptors (Lipinski definition) is 6. The second-order valence-corrected chi connectivity index (χ2v) is 3.20. The Balaban J connectivity index is 2.40. The molecule has 0 aliphatic heterocycles. The van der Waals surface area contributed by atoms with Gasteiger partial charge in [0.05, 0.1) is 5.69 Å². The minimum atomic E-state index is -1.01. The van der Waals surface area contributed by atoms with Gasteiger partial charge in [0.1, 0.15) is 6.07 Å². The summed E-state index contributed by atoms with van der Waals surface area (Å²) in [6.45, 7) is 0. The molecule has 0 bridgehead atoms. The van der Waals surface area contributed by atoms with Crippen LogP contribution >= 0.6 is 0 Å². The van der Waals surface area contributed by atoms with Crippen LogP contribution in [0.25, 0.3) is 5.69 Å². The van der Waals surface area contributed by atoms with Gasteiger partial charge in [0.15, 0.2) is 11.5 Å². The minimum absolute atomic E-state index is 0.0345. The largest absolute Gasteiger partial charge is 0.595 e. The molecule has 0 amide bonds. The van der Waals surface area contributed by atoms with Crippen molar-refractivity contribution in [2.45, 2.75) is 0 Å². The predicted molar refractivity (Wildman–Crippen MR) is 56.3 cm³/mol. The van der Waals surface area contributed by atoms with Crippen LogP contribution < -0.4 is 11.0 Å². The fourth-order valence-electron chi connectivity index (χ4n) is 1.30. The zero-order valence-corrected chi connectivity index (χ0v) is 8.53. The zero-order chi connectivity index (χ0) is 12.4. The number of benzene rings is 1. The number of nitrogen functional groups attached to an aromatic ring is 1. The van der Waals surface area contributed by atoms with E-state index >= 15 is 0 Å². The summed E-state index contributed by atoms with van der Waals surface area (Å²) in [7, 11) is 0. The highest BCUT2D eigenvalue weighted by Crippen LogP contribution is 2.15. The van der Waals surface area contributed by atoms with Gasteiger partial charge in [0.2, 0.25) is 5.69 Å². The first-order chi connectivity index (χ1) is 8.13. The summed E-state index contributed by atoms with van der Waals surface area (Å²) in [5.74, 6) is 0.121. The molecular weight excluding hydrogens is 224 g/mol. The van der Waals surface area contributed by atoms with E-state index in [1.807, 2.05) is 0 Å². The summed E-state index contributed by atoms with van der Waals surface area (Å²) in [5, 5.41) is 34.3. The van der Waals surface area contributed by atoms with Crippen LogP contribution in [0.4, 0.5) is 11.5 Å². The van der Waals surface area contributed by atoms with Crippen LogP contribution in [0.1, 0.15) is 5.69 Å². The zero-order valence-electron chi connectivity index (χ0n) is 8.53. The van der Waals surface area contributed by atoms with Crippen LogP contribution in [0.5, 0.6) is 0 Å². The third kappa shape index (κ3) is 1.93. The van der Waals surface area contributed by atoms with E-state index in [0.29, 0.717) is 5.69 Å². The van der Waals surface area contributed by atoms with Crippen LogP contribution in [0, 0.1) is 16.5 Å². The lowest BCUT2D eigenvalue weighted by Gasteiger charge is -2.11. The number of hydrogen-bond donors (Lipinski definition) is 3. The van der Waals surface area contributed by atoms with E-state index in [9.17, 15) is 5.21 Å². The Hall–Kier alpha value is -2.47. The minimum Gasteiger partial charge on any atom is -0.595 e. The van der Waals surface area contributed by atoms with Crippen LogP contribution in [-0.2, 0) is 0 Å². The standard InChI is InChI=1S/C9H8N6O2/c10-5-8-9(11)14(13-12-8)6-1-3-7(4-2-6)15(16)17/h1-4,15-16H,11H2. The van der Waals surface area contributed by atoms with E-state index in [1.54, 1.807) is 6.07 Å². The van der Waals surface area contributed by atoms with Crippen molar-refractivity contribution in [2.75, 3.05) is 5.73 Å². The van der Waals surface area contributed by atoms with Gasteiger partial charge in [0, 0.05) is 12.1 Å². The molecule has 17 heavy (non-hydrogen) atoms. The fraction of sp³-hybridized carbons (Fsp3) is 0. The number of nitrogens with two attached hydrogens (primary N) is 1. The predicted octanol–water partition coefficient (Wildman–Crippen LogP) is -0.875. The van der Waals surface area contributed by atoms with Gasteiger partial charge in [-0.3, -0.25) is 0 Å². The number of quaternary nitrogens is 1. The molecule has 2 aromatic rings. The molecule has 0 aliphatic rings. The highest BCUT2D eigenvalue weighted by Gasteiger charge is 2.10. The Kier molecular flexibility index (Phi) is 2.71. The van der Waals surface area contributed by atoms with Crippen molar-refractivity contribution in [3.8, 4) is 11.8 Å². The number of nitrogens with zero attached hydrogens (tertiary/aromatic N) is 4. The average molecular weight is 232 g/mol. The van der Waals surface area contributed by atoms with Crippen molar-refractivity contribution in [1.29, 1.82) is 5.26 Å². The van der Waals surface area contributed by atoms with E-state index in [1.165, 1.54) is 28.9 Å². The number of rotatable bonds is 2. The van der Waals surface area contributed by atoms with Crippen LogP contribution in [0.2, 0.25) is 0 Å². The highest BCUT2D eigenvalue weighted by atomic mass is 16.8. The molecule has 0 aliphatic carbocycles. The maximum atomic E-state index is 10.7. The van der Waals surface area contributed by atoms with Gasteiger partial charge in [-0.15, -0.1) is 5.10 Å². The second kappa shape index (κ2) is 4.18. The maximum absolute atomic E-state index is 10.7. The first-order valence-corrected chi connectivity index (χ1v) is 4.58. The smallest absolute Gasteiger partial charge is 0.206 e. The van der Waals surface area contributed by atoms with Crippen molar-refractivity contribution in [1.82, 2.24) is 15.0 Å². The Morgan fingerprint density at radius 1 is 1.41 bits per heavy atom. The first-order valence-electron chi connectivity index (χ1n) is 4.58. The van der Waals surface area contributed by atoms with Gasteiger partial charge in [-0.1, -0.05) is 5.21 Å². The molecule has 0 fully saturated rings. The molecule has 2 rings (SSSR count). The summed E-state index contributed by atoms with van der Waals surface area (Å²) in [4.78, 5) is 0. The fourth-order valence-corrected chi connectivity index (χ4v) is 1.30. The van der Waals surface area contributed by atoms with Crippen molar-refractivity contribution >= 4 is 11.5 Å². The van der Waals surface area contributed by atoms with Crippen molar-refractivity contribution in [3.63, 3.8) is 0 Å². The van der Waals surface area contributed by atoms with Crippen molar-refractivity contribution in [2.24, 2.45) is 0 Å². The van der Waals surface area contributed by atoms with Crippen LogP contribution in [0.15, 0.2) is 24.3 Å². The molecular formula is C9H8N6O2. The second-order valence-electron chi connectivity index (χ2n) is 3.20. The Bertz CT molecular complexity index is 568. The Morgan fingerprint density at radius 3 is 2.53 bits per heavy atom. The van der Waals surface area contributed by atoms with E-state index in [0.717, 1.165) is 0 Å². The lowest BCUT2D eigenvalue weighted by Crippen LogP contribution is -2.99. The molecule has 1 unspecified atom stereocenters. The molecule has 86 valence electrons. The topological polar surface area (TPSA) is 128 Å². The first kappa shape index (κ1) is 11.0. The Morgan fingerprint density at radius 2 is 2.06 bits per heavy atom. The summed E-state index contributed by atoms with van der Waals surface area (Å²) in [6.07, 6.45) is 0. The molecule has 1 atom stereocenters. The third-order valence-corrected chi connectivity index (χ3v) is 2.17. The SMILES string of the molecule is N#Cc1nnn(-c2ccc([NH+]([O-])O)cc2)c1N. The highest BCUT2D eigenvalue weighted by molar-refractivity contribution is 5.50. The molecule has 0 saturated heterocycles. The summed E-state index contributed by atoms with van der Waals surface area (Å²) < 4.78 is 1.27. The lowest BCUT2D eigenvalue weighted by atomic mass is 10.3. The van der Waals surface area contributed by atoms with Gasteiger partial charge < -0.3 is 10.9 Å². The number of nitriles is 1. The van der Waals surface area contributed by atoms with E-state index in [-0.39, 0.29) is 17.2 Å². The van der Waals surface area contributed by atoms with Crippen LogP contribution in [0.3, 0.4) is 0 Å². The van der Waals surface area contributed by atoms with E-state index < -0.39 is 5.23 Å². The molecule has 1 heterocycles. The van der Waals surface area contributed by atoms with Gasteiger partial charge >= 0.3 is 0 Å². The normalized spacial score (nSPS) is 12.1. The number of aromatic nitrogens is 3. The molecule has 1 aromatic heterocycles. The lowest BCUT2D eigenvalue weighted by molar-refractivity contribution is -0.991. The molecule has 8 heteroatoms. The molecule has 0 spiro atoms. The monoisotopic (exact) mass is 232 g/mol. The number of anilines is 1. The van der Waals surface area contributed by atoms with Gasteiger partial charge in [-0.05, 0) is 12.1 Å². The Labute approximate surface area is 95.6 Å². The van der Waals surface area contributed by atoms with Crippen molar-refractivity contribution in [3.05, 3.63) is 35.2 Å². The quantitative estimate of drug-likeness (QED) is 0.577. The molecule has 8 nitrogen and oxygen atoms in total. The molecule has 0 saturated carbocycles. The van der Waals surface area contributed by atoms with Crippen LogP contribution in [-0.4, -0.2) is 20.2 Å². The molecule has 1 aromatic carbocycles. The van der Waals surface area contributed by atoms with E-state index in [2.05, 4.69) is 10.3 Å². The molecule has 4 N–H and O–H groups in total. The summed E-state index contributed by atoms with van der Waals surface area (Å²) in [5.41, 5.74) is 6.38. The van der Waals surface area contributed by atoms with Crippen molar-refractivity contribution < 1.29 is 10.4 Å². The van der Waals surface area contributed by atoms with Gasteiger partial charge in [-0.25, -0.2) is 5.21 Å². The van der Waals surface area contributed by atoms with Gasteiger partial charge in [0.25, 0.3) is 0 Å².